The minimum atomic E-state index is -0.408. The minimum Gasteiger partial charge on any atom is -0.462 e. The van der Waals surface area contributed by atoms with Crippen molar-refractivity contribution in [3.05, 3.63) is 139 Å². The topological polar surface area (TPSA) is 298 Å². The van der Waals surface area contributed by atoms with Crippen molar-refractivity contribution in [2.24, 2.45) is 51.4 Å². The van der Waals surface area contributed by atoms with E-state index >= 15 is 0 Å². The van der Waals surface area contributed by atoms with Crippen molar-refractivity contribution in [2.45, 2.75) is 238 Å². The van der Waals surface area contributed by atoms with Gasteiger partial charge in [0.1, 0.15) is 29.2 Å². The number of nitrogens with zero attached hydrogens (tertiary/aromatic N) is 9. The molecule has 4 aromatic rings. The van der Waals surface area contributed by atoms with Crippen LogP contribution < -0.4 is 32.7 Å². The molecule has 0 aromatic heterocycles. The minimum absolute atomic E-state index is 0.197. The Kier molecular flexibility index (Phi) is 27.5. The van der Waals surface area contributed by atoms with Gasteiger partial charge in [-0.15, -0.1) is 0 Å². The molecule has 4 aliphatic carbocycles. The van der Waals surface area contributed by atoms with Crippen molar-refractivity contribution in [1.82, 2.24) is 26.2 Å². The lowest BCUT2D eigenvalue weighted by molar-refractivity contribution is 0.0516. The van der Waals surface area contributed by atoms with E-state index in [0.29, 0.717) is 80.5 Å². The fourth-order valence-corrected chi connectivity index (χ4v) is 14.7. The van der Waals surface area contributed by atoms with Crippen molar-refractivity contribution >= 4 is 86.7 Å². The largest absolute Gasteiger partial charge is 0.462 e. The number of guanidine groups is 3. The summed E-state index contributed by atoms with van der Waals surface area (Å²) in [5, 5.41) is 12.9. The summed E-state index contributed by atoms with van der Waals surface area (Å²) in [6.07, 6.45) is 27.0. The molecular formula is C78H106BrN15O7. The summed E-state index contributed by atoms with van der Waals surface area (Å²) in [4.78, 5) is 88.9. The van der Waals surface area contributed by atoms with E-state index in [9.17, 15) is 19.2 Å². The number of nitrogens with two attached hydrogens (primary N) is 2. The maximum atomic E-state index is 12.2. The molecule has 4 fully saturated rings. The van der Waals surface area contributed by atoms with Gasteiger partial charge in [-0.3, -0.25) is 4.79 Å². The normalized spacial score (nSPS) is 18.9. The van der Waals surface area contributed by atoms with Crippen LogP contribution in [0.4, 0.5) is 0 Å². The summed E-state index contributed by atoms with van der Waals surface area (Å²) in [6.45, 7) is 12.6. The quantitative estimate of drug-likeness (QED) is 0.0307. The fourth-order valence-electron chi connectivity index (χ4n) is 14.2. The number of carbonyl (C=O) groups is 4. The van der Waals surface area contributed by atoms with E-state index in [1.54, 1.807) is 19.1 Å². The zero-order chi connectivity index (χ0) is 72.0. The molecule has 8 N–H and O–H groups in total. The molecule has 101 heavy (non-hydrogen) atoms. The van der Waals surface area contributed by atoms with E-state index in [0.717, 1.165) is 163 Å². The Labute approximate surface area is 605 Å². The molecule has 4 aromatic carbocycles. The van der Waals surface area contributed by atoms with Gasteiger partial charge in [-0.2, -0.15) is 0 Å². The molecule has 0 unspecified atom stereocenters. The van der Waals surface area contributed by atoms with Gasteiger partial charge in [0.25, 0.3) is 0 Å². The van der Waals surface area contributed by atoms with Gasteiger partial charge in [-0.25, -0.2) is 54.3 Å². The predicted molar refractivity (Wildman–Crippen MR) is 408 cm³/mol. The lowest BCUT2D eigenvalue weighted by atomic mass is 9.89. The second-order valence-corrected chi connectivity index (χ2v) is 28.4. The van der Waals surface area contributed by atoms with Crippen molar-refractivity contribution in [3.8, 4) is 0 Å². The van der Waals surface area contributed by atoms with Gasteiger partial charge >= 0.3 is 17.9 Å². The first-order chi connectivity index (χ1) is 48.7. The molecular weight excluding hydrogens is 1340 g/mol. The highest BCUT2D eigenvalue weighted by Crippen LogP contribution is 2.39. The highest BCUT2D eigenvalue weighted by molar-refractivity contribution is 9.10. The van der Waals surface area contributed by atoms with Gasteiger partial charge in [-0.1, -0.05) is 97.9 Å². The van der Waals surface area contributed by atoms with Crippen LogP contribution in [0.3, 0.4) is 0 Å². The van der Waals surface area contributed by atoms with Crippen LogP contribution in [0.25, 0.3) is 0 Å². The number of hydrogen-bond acceptors (Lipinski definition) is 22. The Morgan fingerprint density at radius 3 is 1.23 bits per heavy atom. The number of benzene rings is 4. The second kappa shape index (κ2) is 36.3. The van der Waals surface area contributed by atoms with Crippen molar-refractivity contribution in [3.63, 3.8) is 0 Å². The van der Waals surface area contributed by atoms with Crippen LogP contribution in [0, 0.1) is 6.92 Å². The lowest BCUT2D eigenvalue weighted by Crippen LogP contribution is -2.49. The zero-order valence-corrected chi connectivity index (χ0v) is 62.3. The Balaban J connectivity index is 0.000000157. The van der Waals surface area contributed by atoms with E-state index in [4.69, 9.17) is 55.6 Å². The Bertz CT molecular complexity index is 3830. The molecule has 8 aliphatic rings. The summed E-state index contributed by atoms with van der Waals surface area (Å²) >= 11 is 3.55. The highest BCUT2D eigenvalue weighted by atomic mass is 79.9. The molecule has 0 radical (unpaired) electrons. The van der Waals surface area contributed by atoms with E-state index in [-0.39, 0.29) is 40.7 Å². The first-order valence-corrected chi connectivity index (χ1v) is 37.6. The molecule has 23 heteroatoms. The molecule has 542 valence electrons. The Hall–Kier alpha value is -8.60. The third kappa shape index (κ3) is 21.7. The second-order valence-electron chi connectivity index (χ2n) is 27.5. The summed E-state index contributed by atoms with van der Waals surface area (Å²) in [6, 6.07) is 26.9. The molecule has 12 rings (SSSR count). The molecule has 0 amide bonds. The monoisotopic (exact) mass is 1440 g/mol. The number of halogens is 1. The van der Waals surface area contributed by atoms with E-state index in [1.165, 1.54) is 51.4 Å². The van der Waals surface area contributed by atoms with Crippen LogP contribution >= 0.6 is 15.9 Å². The maximum absolute atomic E-state index is 12.2. The van der Waals surface area contributed by atoms with Gasteiger partial charge in [0, 0.05) is 62.7 Å². The summed E-state index contributed by atoms with van der Waals surface area (Å²) in [5.41, 5.74) is 18.2. The number of aliphatic imine (C=N–C) groups is 8. The number of ketones is 1. The van der Waals surface area contributed by atoms with Gasteiger partial charge < -0.3 is 51.8 Å². The summed E-state index contributed by atoms with van der Waals surface area (Å²) in [7, 11) is 3.99. The van der Waals surface area contributed by atoms with Gasteiger partial charge in [0.05, 0.1) is 36.5 Å². The number of amidine groups is 5. The smallest absolute Gasteiger partial charge is 0.338 e. The summed E-state index contributed by atoms with van der Waals surface area (Å²) in [5.74, 6) is 5.60. The standard InChI is InChI=1S/C20H28N4O2.C20H27N3O2.C19H25BrN4O2.C19H26N4O/c1-4-26-18(25)16-10-8-9-15(13-16)14-17-21-19(24(2)3)23-20(22-17)11-6-5-7-12-20;1-3-17-21-18(23-20(22-17)11-6-5-7-12-20)14-15-9-8-10-16(13-15)19(24)25-4-2;1-3-26-17(25)14-9-13(10-15(20)12(14)2)11-16-22-18(21)24-19(23-16)7-5-4-6-8-19;1-2-7-16(24)15-9-6-8-14(12-15)13-17-21-18(20)23-19(22-17)10-4-3-5-11-19/h8-10,13H,4-7,11-12,14H2,1-3H3,(H,21,22,23);8-10,13H,3-7,11-12,14H2,1-2H3,(H,21,22,23);9-10H,3-8,11H2,1-2H3,(H3,21,22,23,24);6,8-9,12H,2-5,7,10-11,13H2,1H3,(H3,20,21,22,23). The number of Topliss-reactive ketones (excluding diaryl/α,β-unsaturated/α-hetero) is 1. The van der Waals surface area contributed by atoms with Crippen LogP contribution in [-0.2, 0) is 39.9 Å². The van der Waals surface area contributed by atoms with Gasteiger partial charge in [-0.05, 0) is 207 Å². The fraction of sp³-hybridized carbons (Fsp3) is 0.538. The van der Waals surface area contributed by atoms with Gasteiger partial charge in [0.15, 0.2) is 40.4 Å². The number of ether oxygens (including phenoxy) is 3. The Morgan fingerprint density at radius 2 is 0.812 bits per heavy atom. The molecule has 0 saturated heterocycles. The number of esters is 3. The third-order valence-electron chi connectivity index (χ3n) is 19.1. The van der Waals surface area contributed by atoms with Crippen LogP contribution in [0.1, 0.15) is 252 Å². The molecule has 0 bridgehead atoms. The van der Waals surface area contributed by atoms with E-state index < -0.39 is 5.66 Å². The van der Waals surface area contributed by atoms with E-state index in [1.807, 2.05) is 119 Å². The number of hydrogen-bond donors (Lipinski definition) is 6. The number of rotatable bonds is 18. The average molecular weight is 1450 g/mol. The number of nitrogens with one attached hydrogen (secondary N) is 4. The molecule has 0 atom stereocenters. The van der Waals surface area contributed by atoms with E-state index in [2.05, 4.69) is 54.1 Å². The SMILES string of the molecule is CCCC(=O)c1cccc(CC2=NC3(CCCCC3)N=C(N)N2)c1.CCOC(=O)c1cc(CC2=NC3(CCCCC3)N=C(N)N2)cc(Br)c1C.CCOC(=O)c1cccc(CC2=NC3(CCCCC3)N=C(CC)N2)c1.CCOC(=O)c1cccc(CC2=NC3(CCCCC3)N=C(N(C)C)N2)c1. The van der Waals surface area contributed by atoms with Crippen molar-refractivity contribution < 1.29 is 33.4 Å². The predicted octanol–water partition coefficient (Wildman–Crippen LogP) is 13.5. The molecule has 22 nitrogen and oxygen atoms in total. The first-order valence-electron chi connectivity index (χ1n) is 36.8. The third-order valence-corrected chi connectivity index (χ3v) is 20.0. The zero-order valence-electron chi connectivity index (χ0n) is 60.7. The average Bonchev–Trinajstić information content (AvgIpc) is 0.809. The molecule has 4 aliphatic heterocycles. The number of carbonyl (C=O) groups excluding carboxylic acids is 4. The molecule has 4 spiro atoms. The Morgan fingerprint density at radius 1 is 0.446 bits per heavy atom. The lowest BCUT2D eigenvalue weighted by Gasteiger charge is -2.36. The van der Waals surface area contributed by atoms with Crippen LogP contribution in [0.2, 0.25) is 0 Å². The molecule has 4 heterocycles. The first kappa shape index (κ1) is 76.6. The molecule has 4 saturated carbocycles. The highest BCUT2D eigenvalue weighted by Gasteiger charge is 2.39. The van der Waals surface area contributed by atoms with Crippen molar-refractivity contribution in [2.75, 3.05) is 33.9 Å². The van der Waals surface area contributed by atoms with Crippen LogP contribution in [-0.4, -0.2) is 132 Å². The van der Waals surface area contributed by atoms with Gasteiger partial charge in [0.2, 0.25) is 5.96 Å². The maximum Gasteiger partial charge on any atom is 0.338 e. The summed E-state index contributed by atoms with van der Waals surface area (Å²) < 4.78 is 16.2. The van der Waals surface area contributed by atoms with Crippen molar-refractivity contribution in [1.29, 1.82) is 0 Å². The van der Waals surface area contributed by atoms with Crippen LogP contribution in [0.15, 0.2) is 129 Å². The van der Waals surface area contributed by atoms with Crippen LogP contribution in [0.5, 0.6) is 0 Å².